The maximum atomic E-state index is 6.03. The van der Waals surface area contributed by atoms with Crippen LogP contribution in [-0.4, -0.2) is 50.1 Å². The average Bonchev–Trinajstić information content (AvgIpc) is 2.47. The molecule has 0 aromatic heterocycles. The smallest absolute Gasteiger partial charge is 0.0227 e. The Morgan fingerprint density at radius 1 is 1.19 bits per heavy atom. The lowest BCUT2D eigenvalue weighted by molar-refractivity contribution is 0.183. The second kappa shape index (κ2) is 7.92. The molecule has 0 spiro atoms. The molecule has 118 valence electrons. The van der Waals surface area contributed by atoms with Gasteiger partial charge in [0.25, 0.3) is 0 Å². The van der Waals surface area contributed by atoms with E-state index >= 15 is 0 Å². The number of piperidine rings is 1. The van der Waals surface area contributed by atoms with E-state index in [0.29, 0.717) is 5.92 Å². The highest BCUT2D eigenvalue weighted by molar-refractivity contribution is 5.26. The Labute approximate surface area is 130 Å². The number of benzene rings is 1. The van der Waals surface area contributed by atoms with Crippen molar-refractivity contribution in [2.24, 2.45) is 11.7 Å². The SMILES string of the molecule is CC1CCN(CC(CN)c2ccc(CN(C)C)cc2)CC1. The second-order valence-electron chi connectivity index (χ2n) is 6.90. The Balaban J connectivity index is 1.93. The molecular formula is C18H31N3. The third kappa shape index (κ3) is 5.10. The summed E-state index contributed by atoms with van der Waals surface area (Å²) >= 11 is 0. The van der Waals surface area contributed by atoms with Crippen LogP contribution in [0.1, 0.15) is 36.8 Å². The molecule has 1 atom stereocenters. The highest BCUT2D eigenvalue weighted by Gasteiger charge is 2.19. The number of hydrogen-bond acceptors (Lipinski definition) is 3. The second-order valence-corrected chi connectivity index (χ2v) is 6.90. The molecule has 1 aliphatic heterocycles. The van der Waals surface area contributed by atoms with Gasteiger partial charge in [0, 0.05) is 25.6 Å². The minimum atomic E-state index is 0.465. The van der Waals surface area contributed by atoms with Gasteiger partial charge in [-0.05, 0) is 57.1 Å². The number of nitrogens with two attached hydrogens (primary N) is 1. The molecule has 0 radical (unpaired) electrons. The van der Waals surface area contributed by atoms with Crippen molar-refractivity contribution in [3.05, 3.63) is 35.4 Å². The lowest BCUT2D eigenvalue weighted by Crippen LogP contribution is -2.37. The van der Waals surface area contributed by atoms with E-state index in [2.05, 4.69) is 55.1 Å². The molecule has 21 heavy (non-hydrogen) atoms. The number of hydrogen-bond donors (Lipinski definition) is 1. The van der Waals surface area contributed by atoms with Gasteiger partial charge in [-0.3, -0.25) is 0 Å². The van der Waals surface area contributed by atoms with Crippen molar-refractivity contribution in [2.75, 3.05) is 40.3 Å². The summed E-state index contributed by atoms with van der Waals surface area (Å²) in [6.07, 6.45) is 2.66. The molecule has 1 aromatic carbocycles. The van der Waals surface area contributed by atoms with Gasteiger partial charge in [0.2, 0.25) is 0 Å². The third-order valence-corrected chi connectivity index (χ3v) is 4.59. The molecule has 0 aliphatic carbocycles. The molecule has 1 saturated heterocycles. The van der Waals surface area contributed by atoms with Gasteiger partial charge < -0.3 is 15.5 Å². The van der Waals surface area contributed by atoms with E-state index in [1.165, 1.54) is 37.1 Å². The summed E-state index contributed by atoms with van der Waals surface area (Å²) in [4.78, 5) is 4.79. The van der Waals surface area contributed by atoms with Crippen LogP contribution < -0.4 is 5.73 Å². The summed E-state index contributed by atoms with van der Waals surface area (Å²) in [5, 5.41) is 0. The molecule has 1 fully saturated rings. The van der Waals surface area contributed by atoms with E-state index in [1.807, 2.05) is 0 Å². The quantitative estimate of drug-likeness (QED) is 0.873. The van der Waals surface area contributed by atoms with Crippen LogP contribution in [0, 0.1) is 5.92 Å². The first kappa shape index (κ1) is 16.5. The van der Waals surface area contributed by atoms with E-state index < -0.39 is 0 Å². The summed E-state index contributed by atoms with van der Waals surface area (Å²) in [6, 6.07) is 9.03. The fourth-order valence-corrected chi connectivity index (χ4v) is 3.13. The van der Waals surface area contributed by atoms with Crippen LogP contribution in [0.15, 0.2) is 24.3 Å². The van der Waals surface area contributed by atoms with E-state index in [-0.39, 0.29) is 0 Å². The summed E-state index contributed by atoms with van der Waals surface area (Å²) in [5.74, 6) is 1.36. The minimum absolute atomic E-state index is 0.465. The minimum Gasteiger partial charge on any atom is -0.330 e. The van der Waals surface area contributed by atoms with E-state index in [1.54, 1.807) is 0 Å². The Kier molecular flexibility index (Phi) is 6.22. The summed E-state index contributed by atoms with van der Waals surface area (Å²) in [7, 11) is 4.21. The molecule has 3 heteroatoms. The first-order chi connectivity index (χ1) is 10.1. The van der Waals surface area contributed by atoms with Crippen molar-refractivity contribution in [3.8, 4) is 0 Å². The van der Waals surface area contributed by atoms with Gasteiger partial charge in [-0.1, -0.05) is 31.2 Å². The Bertz CT molecular complexity index is 405. The maximum absolute atomic E-state index is 6.03. The van der Waals surface area contributed by atoms with Crippen molar-refractivity contribution >= 4 is 0 Å². The molecule has 1 heterocycles. The van der Waals surface area contributed by atoms with E-state index in [9.17, 15) is 0 Å². The van der Waals surface area contributed by atoms with Crippen LogP contribution in [0.25, 0.3) is 0 Å². The van der Waals surface area contributed by atoms with E-state index in [0.717, 1.165) is 25.6 Å². The van der Waals surface area contributed by atoms with Crippen LogP contribution in [0.3, 0.4) is 0 Å². The predicted molar refractivity (Wildman–Crippen MR) is 90.5 cm³/mol. The van der Waals surface area contributed by atoms with Gasteiger partial charge in [-0.15, -0.1) is 0 Å². The highest BCUT2D eigenvalue weighted by Crippen LogP contribution is 2.21. The van der Waals surface area contributed by atoms with Gasteiger partial charge in [-0.25, -0.2) is 0 Å². The number of likely N-dealkylation sites (tertiary alicyclic amines) is 1. The largest absolute Gasteiger partial charge is 0.330 e. The van der Waals surface area contributed by atoms with Crippen molar-refractivity contribution in [2.45, 2.75) is 32.2 Å². The van der Waals surface area contributed by atoms with Crippen molar-refractivity contribution in [1.29, 1.82) is 0 Å². The number of nitrogens with zero attached hydrogens (tertiary/aromatic N) is 2. The maximum Gasteiger partial charge on any atom is 0.0227 e. The van der Waals surface area contributed by atoms with Gasteiger partial charge in [0.1, 0.15) is 0 Å². The Morgan fingerprint density at radius 2 is 1.81 bits per heavy atom. The zero-order valence-electron chi connectivity index (χ0n) is 13.9. The molecule has 1 aliphatic rings. The van der Waals surface area contributed by atoms with Crippen LogP contribution in [-0.2, 0) is 6.54 Å². The first-order valence-corrected chi connectivity index (χ1v) is 8.24. The van der Waals surface area contributed by atoms with Gasteiger partial charge in [-0.2, -0.15) is 0 Å². The van der Waals surface area contributed by atoms with Crippen molar-refractivity contribution in [1.82, 2.24) is 9.80 Å². The van der Waals surface area contributed by atoms with Crippen LogP contribution >= 0.6 is 0 Å². The van der Waals surface area contributed by atoms with Crippen molar-refractivity contribution in [3.63, 3.8) is 0 Å². The number of rotatable bonds is 6. The Hall–Kier alpha value is -0.900. The average molecular weight is 289 g/mol. The van der Waals surface area contributed by atoms with Gasteiger partial charge in [0.05, 0.1) is 0 Å². The lowest BCUT2D eigenvalue weighted by Gasteiger charge is -2.33. The molecule has 0 bridgehead atoms. The fraction of sp³-hybridized carbons (Fsp3) is 0.667. The fourth-order valence-electron chi connectivity index (χ4n) is 3.13. The molecule has 2 rings (SSSR count). The van der Waals surface area contributed by atoms with Crippen molar-refractivity contribution < 1.29 is 0 Å². The summed E-state index contributed by atoms with van der Waals surface area (Å²) in [6.45, 7) is 7.67. The topological polar surface area (TPSA) is 32.5 Å². The third-order valence-electron chi connectivity index (χ3n) is 4.59. The molecule has 1 unspecified atom stereocenters. The monoisotopic (exact) mass is 289 g/mol. The normalized spacial score (nSPS) is 19.1. The van der Waals surface area contributed by atoms with Crippen LogP contribution in [0.2, 0.25) is 0 Å². The first-order valence-electron chi connectivity index (χ1n) is 8.24. The predicted octanol–water partition coefficient (Wildman–Crippen LogP) is 2.52. The Morgan fingerprint density at radius 3 is 2.33 bits per heavy atom. The standard InChI is InChI=1S/C18H31N3/c1-15-8-10-21(11-9-15)14-18(12-19)17-6-4-16(5-7-17)13-20(2)3/h4-7,15,18H,8-14,19H2,1-3H3. The lowest BCUT2D eigenvalue weighted by atomic mass is 9.94. The summed E-state index contributed by atoms with van der Waals surface area (Å²) in [5.41, 5.74) is 8.79. The van der Waals surface area contributed by atoms with Gasteiger partial charge >= 0.3 is 0 Å². The summed E-state index contributed by atoms with van der Waals surface area (Å²) < 4.78 is 0. The molecule has 0 saturated carbocycles. The molecule has 0 amide bonds. The van der Waals surface area contributed by atoms with E-state index in [4.69, 9.17) is 5.73 Å². The molecule has 3 nitrogen and oxygen atoms in total. The van der Waals surface area contributed by atoms with Crippen LogP contribution in [0.4, 0.5) is 0 Å². The molecule has 1 aromatic rings. The zero-order chi connectivity index (χ0) is 15.2. The zero-order valence-corrected chi connectivity index (χ0v) is 13.9. The molecular weight excluding hydrogens is 258 g/mol. The van der Waals surface area contributed by atoms with Gasteiger partial charge in [0.15, 0.2) is 0 Å². The van der Waals surface area contributed by atoms with Crippen LogP contribution in [0.5, 0.6) is 0 Å². The molecule has 2 N–H and O–H groups in total. The highest BCUT2D eigenvalue weighted by atomic mass is 15.1.